The summed E-state index contributed by atoms with van der Waals surface area (Å²) in [5, 5.41) is 7.75. The Labute approximate surface area is 144 Å². The molecule has 0 bridgehead atoms. The Morgan fingerprint density at radius 3 is 2.88 bits per heavy atom. The molecule has 0 fully saturated rings. The number of imidazole rings is 1. The van der Waals surface area contributed by atoms with Gasteiger partial charge in [-0.1, -0.05) is 29.8 Å². The molecule has 0 spiro atoms. The fraction of sp³-hybridized carbons (Fsp3) is 0.188. The number of amides is 1. The van der Waals surface area contributed by atoms with Crippen LogP contribution < -0.4 is 11.1 Å². The molecule has 1 amide bonds. The van der Waals surface area contributed by atoms with Crippen LogP contribution in [0.1, 0.15) is 11.4 Å². The molecule has 2 aromatic heterocycles. The van der Waals surface area contributed by atoms with E-state index in [0.717, 1.165) is 5.56 Å². The summed E-state index contributed by atoms with van der Waals surface area (Å²) in [4.78, 5) is 16.3. The molecule has 1 aromatic carbocycles. The molecule has 3 aromatic rings. The van der Waals surface area contributed by atoms with Crippen molar-refractivity contribution in [1.29, 1.82) is 0 Å². The van der Waals surface area contributed by atoms with Gasteiger partial charge in [-0.25, -0.2) is 9.67 Å². The summed E-state index contributed by atoms with van der Waals surface area (Å²) in [6, 6.07) is 9.28. The average Bonchev–Trinajstić information content (AvgIpc) is 3.19. The Morgan fingerprint density at radius 2 is 2.08 bits per heavy atom. The van der Waals surface area contributed by atoms with Gasteiger partial charge in [-0.15, -0.1) is 0 Å². The first-order valence-corrected chi connectivity index (χ1v) is 7.80. The predicted molar refractivity (Wildman–Crippen MR) is 91.5 cm³/mol. The maximum absolute atomic E-state index is 12.2. The lowest BCUT2D eigenvalue weighted by Crippen LogP contribution is -2.22. The maximum atomic E-state index is 12.2. The first-order chi connectivity index (χ1) is 11.7. The van der Waals surface area contributed by atoms with Crippen molar-refractivity contribution >= 4 is 23.3 Å². The SMILES string of the molecule is NCc1nccn1CC(=O)Nc1ccnn1Cc1ccccc1Cl. The van der Waals surface area contributed by atoms with Crippen LogP contribution in [0.2, 0.25) is 5.02 Å². The molecule has 0 radical (unpaired) electrons. The molecule has 7 nitrogen and oxygen atoms in total. The van der Waals surface area contributed by atoms with Crippen LogP contribution in [0.5, 0.6) is 0 Å². The number of benzene rings is 1. The molecule has 3 rings (SSSR count). The number of nitrogens with two attached hydrogens (primary N) is 1. The Balaban J connectivity index is 1.69. The van der Waals surface area contributed by atoms with Gasteiger partial charge in [-0.2, -0.15) is 5.10 Å². The summed E-state index contributed by atoms with van der Waals surface area (Å²) < 4.78 is 3.40. The van der Waals surface area contributed by atoms with Crippen molar-refractivity contribution in [3.05, 3.63) is 65.3 Å². The highest BCUT2D eigenvalue weighted by Gasteiger charge is 2.11. The van der Waals surface area contributed by atoms with Crippen molar-refractivity contribution in [2.24, 2.45) is 5.73 Å². The van der Waals surface area contributed by atoms with E-state index in [0.29, 0.717) is 23.2 Å². The molecular formula is C16H17ClN6O. The highest BCUT2D eigenvalue weighted by Crippen LogP contribution is 2.18. The Hall–Kier alpha value is -2.64. The van der Waals surface area contributed by atoms with E-state index in [1.54, 1.807) is 33.9 Å². The zero-order valence-electron chi connectivity index (χ0n) is 12.9. The largest absolute Gasteiger partial charge is 0.324 e. The summed E-state index contributed by atoms with van der Waals surface area (Å²) in [6.07, 6.45) is 4.98. The number of carbonyl (C=O) groups excluding carboxylic acids is 1. The lowest BCUT2D eigenvalue weighted by molar-refractivity contribution is -0.116. The zero-order chi connectivity index (χ0) is 16.9. The van der Waals surface area contributed by atoms with Gasteiger partial charge in [0.1, 0.15) is 18.2 Å². The minimum absolute atomic E-state index is 0.143. The fourth-order valence-electron chi connectivity index (χ4n) is 2.36. The van der Waals surface area contributed by atoms with Crippen molar-refractivity contribution in [2.75, 3.05) is 5.32 Å². The Kier molecular flexibility index (Phi) is 4.93. The van der Waals surface area contributed by atoms with E-state index in [2.05, 4.69) is 15.4 Å². The van der Waals surface area contributed by atoms with E-state index in [-0.39, 0.29) is 19.0 Å². The Morgan fingerprint density at radius 1 is 1.25 bits per heavy atom. The van der Waals surface area contributed by atoms with Gasteiger partial charge in [0.15, 0.2) is 0 Å². The zero-order valence-corrected chi connectivity index (χ0v) is 13.6. The van der Waals surface area contributed by atoms with Crippen molar-refractivity contribution < 1.29 is 4.79 Å². The molecule has 124 valence electrons. The molecular weight excluding hydrogens is 328 g/mol. The molecule has 8 heteroatoms. The second kappa shape index (κ2) is 7.29. The smallest absolute Gasteiger partial charge is 0.245 e. The monoisotopic (exact) mass is 344 g/mol. The van der Waals surface area contributed by atoms with Crippen LogP contribution in [0.3, 0.4) is 0 Å². The van der Waals surface area contributed by atoms with Gasteiger partial charge in [0.05, 0.1) is 19.3 Å². The molecule has 0 aliphatic rings. The molecule has 2 heterocycles. The third-order valence-electron chi connectivity index (χ3n) is 3.56. The molecule has 0 saturated heterocycles. The van der Waals surface area contributed by atoms with Crippen LogP contribution in [0.25, 0.3) is 0 Å². The van der Waals surface area contributed by atoms with E-state index in [4.69, 9.17) is 17.3 Å². The molecule has 3 N–H and O–H groups in total. The molecule has 0 saturated carbocycles. The van der Waals surface area contributed by atoms with Crippen LogP contribution in [0, 0.1) is 0 Å². The Bertz CT molecular complexity index is 840. The van der Waals surface area contributed by atoms with Gasteiger partial charge in [0.2, 0.25) is 5.91 Å². The number of hydrogen-bond donors (Lipinski definition) is 2. The highest BCUT2D eigenvalue weighted by atomic mass is 35.5. The quantitative estimate of drug-likeness (QED) is 0.714. The van der Waals surface area contributed by atoms with E-state index < -0.39 is 0 Å². The van der Waals surface area contributed by atoms with Gasteiger partial charge in [-0.3, -0.25) is 4.79 Å². The number of nitrogens with zero attached hydrogens (tertiary/aromatic N) is 4. The summed E-state index contributed by atoms with van der Waals surface area (Å²) in [5.41, 5.74) is 6.52. The van der Waals surface area contributed by atoms with Crippen molar-refractivity contribution in [3.63, 3.8) is 0 Å². The number of nitrogens with one attached hydrogen (secondary N) is 1. The fourth-order valence-corrected chi connectivity index (χ4v) is 2.56. The van der Waals surface area contributed by atoms with Crippen molar-refractivity contribution in [1.82, 2.24) is 19.3 Å². The van der Waals surface area contributed by atoms with Crippen molar-refractivity contribution in [2.45, 2.75) is 19.6 Å². The summed E-state index contributed by atoms with van der Waals surface area (Å²) >= 11 is 6.18. The van der Waals surface area contributed by atoms with Gasteiger partial charge >= 0.3 is 0 Å². The number of hydrogen-bond acceptors (Lipinski definition) is 4. The summed E-state index contributed by atoms with van der Waals surface area (Å²) in [6.45, 7) is 0.899. The molecule has 0 atom stereocenters. The molecule has 0 unspecified atom stereocenters. The maximum Gasteiger partial charge on any atom is 0.245 e. The van der Waals surface area contributed by atoms with Crippen LogP contribution in [-0.2, 0) is 24.4 Å². The van der Waals surface area contributed by atoms with Crippen LogP contribution in [0.15, 0.2) is 48.9 Å². The molecule has 0 aliphatic heterocycles. The third kappa shape index (κ3) is 3.64. The topological polar surface area (TPSA) is 90.8 Å². The number of anilines is 1. The van der Waals surface area contributed by atoms with Gasteiger partial charge in [0.25, 0.3) is 0 Å². The van der Waals surface area contributed by atoms with E-state index in [1.807, 2.05) is 24.3 Å². The highest BCUT2D eigenvalue weighted by molar-refractivity contribution is 6.31. The minimum Gasteiger partial charge on any atom is -0.324 e. The number of rotatable bonds is 6. The normalized spacial score (nSPS) is 10.8. The van der Waals surface area contributed by atoms with Gasteiger partial charge < -0.3 is 15.6 Å². The van der Waals surface area contributed by atoms with Gasteiger partial charge in [0, 0.05) is 23.5 Å². The second-order valence-corrected chi connectivity index (χ2v) is 5.60. The van der Waals surface area contributed by atoms with E-state index >= 15 is 0 Å². The number of aromatic nitrogens is 4. The first kappa shape index (κ1) is 16.2. The molecule has 24 heavy (non-hydrogen) atoms. The average molecular weight is 345 g/mol. The lowest BCUT2D eigenvalue weighted by atomic mass is 10.2. The predicted octanol–water partition coefficient (Wildman–Crippen LogP) is 1.88. The standard InChI is InChI=1S/C16H17ClN6O/c17-13-4-2-1-3-12(13)10-23-14(5-6-20-23)21-16(24)11-22-8-7-19-15(22)9-18/h1-8H,9-11,18H2,(H,21,24). The second-order valence-electron chi connectivity index (χ2n) is 5.19. The van der Waals surface area contributed by atoms with E-state index in [1.165, 1.54) is 0 Å². The third-order valence-corrected chi connectivity index (χ3v) is 3.93. The van der Waals surface area contributed by atoms with Crippen LogP contribution in [0.4, 0.5) is 5.82 Å². The number of halogens is 1. The van der Waals surface area contributed by atoms with Gasteiger partial charge in [-0.05, 0) is 11.6 Å². The summed E-state index contributed by atoms with van der Waals surface area (Å²) in [5.74, 6) is 1.09. The van der Waals surface area contributed by atoms with Crippen molar-refractivity contribution in [3.8, 4) is 0 Å². The molecule has 0 aliphatic carbocycles. The summed E-state index contributed by atoms with van der Waals surface area (Å²) in [7, 11) is 0. The number of carbonyl (C=O) groups is 1. The van der Waals surface area contributed by atoms with Crippen LogP contribution in [-0.4, -0.2) is 25.2 Å². The first-order valence-electron chi connectivity index (χ1n) is 7.42. The minimum atomic E-state index is -0.177. The van der Waals surface area contributed by atoms with Crippen LogP contribution >= 0.6 is 11.6 Å². The lowest BCUT2D eigenvalue weighted by Gasteiger charge is -2.11. The van der Waals surface area contributed by atoms with E-state index in [9.17, 15) is 4.79 Å².